The highest BCUT2D eigenvalue weighted by atomic mass is 16.3. The van der Waals surface area contributed by atoms with Crippen molar-refractivity contribution in [2.75, 3.05) is 23.7 Å². The normalized spacial score (nSPS) is 20.0. The molecule has 0 spiro atoms. The molecule has 1 aliphatic heterocycles. The van der Waals surface area contributed by atoms with E-state index in [9.17, 15) is 5.11 Å². The zero-order chi connectivity index (χ0) is 18.4. The summed E-state index contributed by atoms with van der Waals surface area (Å²) in [6.45, 7) is 1.18. The Labute approximate surface area is 155 Å². The maximum absolute atomic E-state index is 10.7. The number of imidazole rings is 1. The van der Waals surface area contributed by atoms with Crippen LogP contribution in [0.25, 0.3) is 22.1 Å². The van der Waals surface area contributed by atoms with E-state index in [4.69, 9.17) is 5.73 Å². The number of hydrogen-bond donors (Lipinski definition) is 3. The summed E-state index contributed by atoms with van der Waals surface area (Å²) in [5, 5.41) is 11.8. The molecule has 4 heterocycles. The molecule has 1 aromatic carbocycles. The third kappa shape index (κ3) is 2.74. The molecule has 1 fully saturated rings. The second-order valence-electron chi connectivity index (χ2n) is 6.93. The molecule has 0 unspecified atom stereocenters. The molecule has 8 nitrogen and oxygen atoms in total. The number of nitrogen functional groups attached to an aromatic ring is 1. The summed E-state index contributed by atoms with van der Waals surface area (Å²) in [4.78, 5) is 22.2. The summed E-state index contributed by atoms with van der Waals surface area (Å²) in [6.07, 6.45) is 3.73. The number of aliphatic hydroxyl groups is 1. The van der Waals surface area contributed by atoms with Crippen molar-refractivity contribution in [3.05, 3.63) is 48.4 Å². The highest BCUT2D eigenvalue weighted by Gasteiger charge is 2.33. The average Bonchev–Trinajstić information content (AvgIpc) is 3.28. The van der Waals surface area contributed by atoms with E-state index in [-0.39, 0.29) is 11.9 Å². The number of nitrogens with one attached hydrogen (secondary N) is 1. The Hall–Kier alpha value is -3.26. The molecule has 0 amide bonds. The van der Waals surface area contributed by atoms with Crippen LogP contribution in [0.1, 0.15) is 5.56 Å². The molecular weight excluding hydrogens is 342 g/mol. The maximum atomic E-state index is 10.7. The monoisotopic (exact) mass is 361 g/mol. The molecule has 3 aromatic heterocycles. The molecule has 0 bridgehead atoms. The lowest BCUT2D eigenvalue weighted by Crippen LogP contribution is -2.23. The van der Waals surface area contributed by atoms with Gasteiger partial charge in [-0.1, -0.05) is 18.2 Å². The molecule has 0 aliphatic carbocycles. The highest BCUT2D eigenvalue weighted by molar-refractivity contribution is 5.84. The second-order valence-corrected chi connectivity index (χ2v) is 6.93. The molecule has 0 radical (unpaired) electrons. The largest absolute Gasteiger partial charge is 0.391 e. The first-order valence-electron chi connectivity index (χ1n) is 8.91. The zero-order valence-corrected chi connectivity index (χ0v) is 14.6. The van der Waals surface area contributed by atoms with E-state index in [1.54, 1.807) is 6.33 Å². The predicted molar refractivity (Wildman–Crippen MR) is 103 cm³/mol. The van der Waals surface area contributed by atoms with Gasteiger partial charge in [-0.25, -0.2) is 4.98 Å². The predicted octanol–water partition coefficient (Wildman–Crippen LogP) is 1.52. The number of hydrogen-bond acceptors (Lipinski definition) is 7. The van der Waals surface area contributed by atoms with E-state index in [0.29, 0.717) is 24.6 Å². The van der Waals surface area contributed by atoms with Gasteiger partial charge in [0.2, 0.25) is 5.95 Å². The average molecular weight is 361 g/mol. The molecule has 1 saturated heterocycles. The fourth-order valence-corrected chi connectivity index (χ4v) is 3.91. The number of H-pyrrole nitrogens is 1. The van der Waals surface area contributed by atoms with Crippen LogP contribution in [0.4, 0.5) is 11.8 Å². The molecule has 0 saturated carbocycles. The molecular formula is C19H19N7O. The Balaban J connectivity index is 1.45. The minimum atomic E-state index is -0.453. The number of nitrogens with zero attached hydrogens (tertiary/aromatic N) is 5. The van der Waals surface area contributed by atoms with Crippen LogP contribution < -0.4 is 10.6 Å². The first-order valence-corrected chi connectivity index (χ1v) is 8.91. The topological polar surface area (TPSA) is 117 Å². The van der Waals surface area contributed by atoms with Crippen LogP contribution in [0.5, 0.6) is 0 Å². The number of benzene rings is 1. The molecule has 136 valence electrons. The van der Waals surface area contributed by atoms with E-state index in [0.717, 1.165) is 22.8 Å². The number of β-amino-alcohol motifs (C(OH)–C–C–N with tert-alkyl or cyclic N) is 1. The fourth-order valence-electron chi connectivity index (χ4n) is 3.91. The summed E-state index contributed by atoms with van der Waals surface area (Å²) in [5.41, 5.74) is 9.28. The minimum Gasteiger partial charge on any atom is -0.391 e. The van der Waals surface area contributed by atoms with Crippen molar-refractivity contribution in [3.8, 4) is 0 Å². The summed E-state index contributed by atoms with van der Waals surface area (Å²) in [6, 6.07) is 10.1. The molecule has 4 aromatic rings. The van der Waals surface area contributed by atoms with Crippen molar-refractivity contribution in [1.29, 1.82) is 0 Å². The van der Waals surface area contributed by atoms with E-state index in [2.05, 4.69) is 35.9 Å². The Morgan fingerprint density at radius 2 is 2.04 bits per heavy atom. The van der Waals surface area contributed by atoms with Gasteiger partial charge in [0, 0.05) is 30.6 Å². The van der Waals surface area contributed by atoms with Crippen LogP contribution in [0.3, 0.4) is 0 Å². The lowest BCUT2D eigenvalue weighted by atomic mass is 9.94. The summed E-state index contributed by atoms with van der Waals surface area (Å²) < 4.78 is 0. The molecule has 2 atom stereocenters. The van der Waals surface area contributed by atoms with Crippen molar-refractivity contribution in [2.24, 2.45) is 5.92 Å². The number of para-hydroxylation sites is 1. The summed E-state index contributed by atoms with van der Waals surface area (Å²) >= 11 is 0. The lowest BCUT2D eigenvalue weighted by molar-refractivity contribution is 0.148. The van der Waals surface area contributed by atoms with Crippen molar-refractivity contribution < 1.29 is 5.11 Å². The first kappa shape index (κ1) is 16.0. The lowest BCUT2D eigenvalue weighted by Gasteiger charge is -2.18. The quantitative estimate of drug-likeness (QED) is 0.506. The number of aromatic amines is 1. The van der Waals surface area contributed by atoms with Crippen molar-refractivity contribution >= 4 is 33.8 Å². The third-order valence-corrected chi connectivity index (χ3v) is 5.21. The van der Waals surface area contributed by atoms with Gasteiger partial charge in [-0.2, -0.15) is 9.97 Å². The standard InChI is InChI=1S/C19H19N7O/c20-19-24-17-16(22-10-23-17)18(25-19)26-8-12(15(27)9-26)7-11-5-6-21-14-4-2-1-3-13(11)14/h1-6,10,12,15,27H,7-9H2,(H3,20,22,23,24,25)/t12-,15+/m1/s1. The number of aromatic nitrogens is 5. The van der Waals surface area contributed by atoms with Gasteiger partial charge in [0.15, 0.2) is 11.5 Å². The van der Waals surface area contributed by atoms with Gasteiger partial charge in [-0.15, -0.1) is 0 Å². The van der Waals surface area contributed by atoms with Crippen LogP contribution in [0.15, 0.2) is 42.9 Å². The van der Waals surface area contributed by atoms with Crippen LogP contribution in [-0.2, 0) is 6.42 Å². The van der Waals surface area contributed by atoms with Gasteiger partial charge < -0.3 is 20.7 Å². The maximum Gasteiger partial charge on any atom is 0.224 e. The minimum absolute atomic E-state index is 0.0879. The Morgan fingerprint density at radius 3 is 2.96 bits per heavy atom. The Morgan fingerprint density at radius 1 is 1.15 bits per heavy atom. The Bertz CT molecular complexity index is 1120. The van der Waals surface area contributed by atoms with Crippen LogP contribution >= 0.6 is 0 Å². The van der Waals surface area contributed by atoms with E-state index in [1.165, 1.54) is 5.56 Å². The van der Waals surface area contributed by atoms with Gasteiger partial charge >= 0.3 is 0 Å². The van der Waals surface area contributed by atoms with E-state index >= 15 is 0 Å². The van der Waals surface area contributed by atoms with Gasteiger partial charge in [0.25, 0.3) is 0 Å². The SMILES string of the molecule is Nc1nc(N2C[C@@H](Cc3ccnc4ccccc34)[C@@H](O)C2)c2[nH]cnc2n1. The summed E-state index contributed by atoms with van der Waals surface area (Å²) in [7, 11) is 0. The third-order valence-electron chi connectivity index (χ3n) is 5.21. The van der Waals surface area contributed by atoms with Crippen LogP contribution in [-0.4, -0.2) is 49.2 Å². The zero-order valence-electron chi connectivity index (χ0n) is 14.6. The van der Waals surface area contributed by atoms with Gasteiger partial charge in [0.05, 0.1) is 17.9 Å². The van der Waals surface area contributed by atoms with Crippen LogP contribution in [0, 0.1) is 5.92 Å². The molecule has 5 rings (SSSR count). The van der Waals surface area contributed by atoms with Crippen molar-refractivity contribution in [2.45, 2.75) is 12.5 Å². The van der Waals surface area contributed by atoms with Crippen LogP contribution in [0.2, 0.25) is 0 Å². The highest BCUT2D eigenvalue weighted by Crippen LogP contribution is 2.30. The number of anilines is 2. The number of nitrogens with two attached hydrogens (primary N) is 1. The van der Waals surface area contributed by atoms with Crippen molar-refractivity contribution in [3.63, 3.8) is 0 Å². The van der Waals surface area contributed by atoms with E-state index < -0.39 is 6.10 Å². The molecule has 8 heteroatoms. The van der Waals surface area contributed by atoms with Crippen molar-refractivity contribution in [1.82, 2.24) is 24.9 Å². The number of rotatable bonds is 3. The van der Waals surface area contributed by atoms with Gasteiger partial charge in [-0.3, -0.25) is 4.98 Å². The number of pyridine rings is 1. The fraction of sp³-hybridized carbons (Fsp3) is 0.263. The van der Waals surface area contributed by atoms with E-state index in [1.807, 2.05) is 30.5 Å². The smallest absolute Gasteiger partial charge is 0.224 e. The second kappa shape index (κ2) is 6.17. The molecule has 4 N–H and O–H groups in total. The van der Waals surface area contributed by atoms with Gasteiger partial charge in [-0.05, 0) is 24.1 Å². The molecule has 1 aliphatic rings. The number of fused-ring (bicyclic) bond motifs is 2. The number of aliphatic hydroxyl groups excluding tert-OH is 1. The Kier molecular flexibility index (Phi) is 3.64. The summed E-state index contributed by atoms with van der Waals surface area (Å²) in [5.74, 6) is 0.962. The van der Waals surface area contributed by atoms with Gasteiger partial charge in [0.1, 0.15) is 5.52 Å². The molecule has 27 heavy (non-hydrogen) atoms. The first-order chi connectivity index (χ1) is 13.2.